The van der Waals surface area contributed by atoms with E-state index in [-0.39, 0.29) is 11.5 Å². The van der Waals surface area contributed by atoms with E-state index in [2.05, 4.69) is 0 Å². The third-order valence-electron chi connectivity index (χ3n) is 4.76. The molecular formula is C19H20N4O3S2. The van der Waals surface area contributed by atoms with E-state index in [4.69, 9.17) is 21.9 Å². The number of thiocarbonyl (C=S) groups is 1. The number of ether oxygens (including phenoxy) is 1. The number of aromatic nitrogens is 2. The summed E-state index contributed by atoms with van der Waals surface area (Å²) >= 11 is 6.52. The van der Waals surface area contributed by atoms with Gasteiger partial charge in [-0.1, -0.05) is 30.0 Å². The van der Waals surface area contributed by atoms with Crippen LogP contribution in [0.5, 0.6) is 0 Å². The average Bonchev–Trinajstić information content (AvgIpc) is 2.97. The van der Waals surface area contributed by atoms with Gasteiger partial charge in [-0.15, -0.1) is 0 Å². The molecule has 2 aromatic heterocycles. The summed E-state index contributed by atoms with van der Waals surface area (Å²) in [7, 11) is 0. The number of anilines is 1. The third-order valence-corrected chi connectivity index (χ3v) is 6.14. The molecule has 0 aliphatic carbocycles. The van der Waals surface area contributed by atoms with Gasteiger partial charge in [0.25, 0.3) is 11.5 Å². The molecule has 1 amide bonds. The number of carbonyl (C=O) groups excluding carboxylic acids is 1. The van der Waals surface area contributed by atoms with E-state index in [1.54, 1.807) is 12.3 Å². The zero-order valence-corrected chi connectivity index (χ0v) is 17.3. The highest BCUT2D eigenvalue weighted by molar-refractivity contribution is 8.26. The Morgan fingerprint density at radius 1 is 1.29 bits per heavy atom. The molecule has 0 unspecified atom stereocenters. The molecule has 0 radical (unpaired) electrons. The largest absolute Gasteiger partial charge is 0.378 e. The first-order chi connectivity index (χ1) is 13.5. The Labute approximate surface area is 172 Å². The van der Waals surface area contributed by atoms with Crippen molar-refractivity contribution < 1.29 is 9.53 Å². The first-order valence-corrected chi connectivity index (χ1v) is 10.3. The fourth-order valence-corrected chi connectivity index (χ4v) is 4.66. The van der Waals surface area contributed by atoms with Gasteiger partial charge in [-0.25, -0.2) is 4.98 Å². The van der Waals surface area contributed by atoms with Crippen molar-refractivity contribution in [2.75, 3.05) is 37.7 Å². The number of morpholine rings is 1. The molecule has 0 spiro atoms. The Hall–Kier alpha value is -2.23. The van der Waals surface area contributed by atoms with Gasteiger partial charge in [-0.3, -0.25) is 18.9 Å². The predicted molar refractivity (Wildman–Crippen MR) is 115 cm³/mol. The van der Waals surface area contributed by atoms with Crippen LogP contribution in [-0.4, -0.2) is 57.4 Å². The lowest BCUT2D eigenvalue weighted by Crippen LogP contribution is -2.38. The second kappa shape index (κ2) is 7.65. The van der Waals surface area contributed by atoms with Gasteiger partial charge < -0.3 is 9.64 Å². The molecular weight excluding hydrogens is 396 g/mol. The fourth-order valence-electron chi connectivity index (χ4n) is 3.29. The van der Waals surface area contributed by atoms with Crippen LogP contribution in [0.4, 0.5) is 5.82 Å². The van der Waals surface area contributed by atoms with Crippen LogP contribution in [0.2, 0.25) is 0 Å². The molecule has 0 saturated carbocycles. The number of pyridine rings is 1. The predicted octanol–water partition coefficient (Wildman–Crippen LogP) is 2.06. The average molecular weight is 417 g/mol. The maximum absolute atomic E-state index is 13.3. The Kier molecular flexibility index (Phi) is 5.22. The van der Waals surface area contributed by atoms with Crippen molar-refractivity contribution in [2.45, 2.75) is 13.8 Å². The summed E-state index contributed by atoms with van der Waals surface area (Å²) in [5.74, 6) is 0.415. The molecule has 2 aliphatic heterocycles. The summed E-state index contributed by atoms with van der Waals surface area (Å²) in [6.45, 7) is 6.75. The summed E-state index contributed by atoms with van der Waals surface area (Å²) in [5.41, 5.74) is 1.74. The van der Waals surface area contributed by atoms with Gasteiger partial charge in [0.15, 0.2) is 0 Å². The lowest BCUT2D eigenvalue weighted by molar-refractivity contribution is -0.121. The van der Waals surface area contributed by atoms with Crippen LogP contribution in [-0.2, 0) is 9.53 Å². The number of likely N-dealkylation sites (N-methyl/N-ethyl adjacent to an activating group) is 1. The number of hydrogen-bond acceptors (Lipinski definition) is 7. The zero-order valence-electron chi connectivity index (χ0n) is 15.7. The van der Waals surface area contributed by atoms with Crippen molar-refractivity contribution in [1.29, 1.82) is 0 Å². The summed E-state index contributed by atoms with van der Waals surface area (Å²) in [4.78, 5) is 34.8. The highest BCUT2D eigenvalue weighted by atomic mass is 32.2. The number of rotatable bonds is 3. The van der Waals surface area contributed by atoms with Crippen molar-refractivity contribution in [3.63, 3.8) is 0 Å². The van der Waals surface area contributed by atoms with Crippen molar-refractivity contribution in [3.05, 3.63) is 44.7 Å². The molecule has 146 valence electrons. The molecule has 9 heteroatoms. The van der Waals surface area contributed by atoms with E-state index in [0.29, 0.717) is 59.1 Å². The number of carbonyl (C=O) groups is 1. The van der Waals surface area contributed by atoms with E-state index in [1.807, 2.05) is 30.9 Å². The standard InChI is InChI=1S/C19H20N4O3S2/c1-3-22-18(25)14(28-19(22)27)10-13-16(21-6-8-26-9-7-21)20-15-5-4-12(2)11-23(15)17(13)24/h4-5,10-11H,3,6-9H2,1-2H3. The van der Waals surface area contributed by atoms with Crippen molar-refractivity contribution in [2.24, 2.45) is 0 Å². The third kappa shape index (κ3) is 3.34. The zero-order chi connectivity index (χ0) is 19.8. The van der Waals surface area contributed by atoms with Gasteiger partial charge in [0.05, 0.1) is 23.7 Å². The smallest absolute Gasteiger partial charge is 0.267 e. The van der Waals surface area contributed by atoms with Gasteiger partial charge in [0, 0.05) is 25.8 Å². The highest BCUT2D eigenvalue weighted by Gasteiger charge is 2.32. The second-order valence-corrected chi connectivity index (χ2v) is 8.29. The maximum Gasteiger partial charge on any atom is 0.267 e. The Morgan fingerprint density at radius 3 is 2.71 bits per heavy atom. The van der Waals surface area contributed by atoms with Gasteiger partial charge in [0.2, 0.25) is 0 Å². The normalized spacial score (nSPS) is 19.3. The molecule has 0 atom stereocenters. The minimum absolute atomic E-state index is 0.167. The maximum atomic E-state index is 13.3. The molecule has 2 aromatic rings. The number of nitrogens with zero attached hydrogens (tertiary/aromatic N) is 4. The molecule has 2 aliphatic rings. The highest BCUT2D eigenvalue weighted by Crippen LogP contribution is 2.33. The Morgan fingerprint density at radius 2 is 2.04 bits per heavy atom. The number of fused-ring (bicyclic) bond motifs is 1. The van der Waals surface area contributed by atoms with Crippen molar-refractivity contribution in [1.82, 2.24) is 14.3 Å². The SMILES string of the molecule is CCN1C(=O)C(=Cc2c(N3CCOCC3)nc3ccc(C)cn3c2=O)SC1=S. The molecule has 4 heterocycles. The molecule has 4 rings (SSSR count). The number of hydrogen-bond donors (Lipinski definition) is 0. The number of amides is 1. The monoisotopic (exact) mass is 416 g/mol. The van der Waals surface area contributed by atoms with Crippen molar-refractivity contribution in [3.8, 4) is 0 Å². The molecule has 28 heavy (non-hydrogen) atoms. The summed E-state index contributed by atoms with van der Waals surface area (Å²) in [6, 6.07) is 3.76. The van der Waals surface area contributed by atoms with E-state index in [0.717, 1.165) is 5.56 Å². The van der Waals surface area contributed by atoms with Crippen molar-refractivity contribution >= 4 is 51.7 Å². The van der Waals surface area contributed by atoms with Crippen LogP contribution in [0.25, 0.3) is 11.7 Å². The summed E-state index contributed by atoms with van der Waals surface area (Å²) < 4.78 is 7.48. The number of aryl methyl sites for hydroxylation is 1. The Balaban J connectivity index is 1.91. The molecule has 0 aromatic carbocycles. The number of thioether (sulfide) groups is 1. The van der Waals surface area contributed by atoms with Gasteiger partial charge in [-0.05, 0) is 31.6 Å². The van der Waals surface area contributed by atoms with Crippen LogP contribution in [0.3, 0.4) is 0 Å². The topological polar surface area (TPSA) is 67.2 Å². The first kappa shape index (κ1) is 19.1. The van der Waals surface area contributed by atoms with Crippen LogP contribution in [0.15, 0.2) is 28.0 Å². The van der Waals surface area contributed by atoms with E-state index >= 15 is 0 Å². The molecule has 0 N–H and O–H groups in total. The molecule has 2 saturated heterocycles. The quantitative estimate of drug-likeness (QED) is 0.560. The second-order valence-electron chi connectivity index (χ2n) is 6.61. The first-order valence-electron chi connectivity index (χ1n) is 9.10. The van der Waals surface area contributed by atoms with Crippen LogP contribution < -0.4 is 10.5 Å². The van der Waals surface area contributed by atoms with Gasteiger partial charge >= 0.3 is 0 Å². The lowest BCUT2D eigenvalue weighted by atomic mass is 10.2. The molecule has 2 fully saturated rings. The minimum Gasteiger partial charge on any atom is -0.378 e. The fraction of sp³-hybridized carbons (Fsp3) is 0.368. The Bertz CT molecular complexity index is 1060. The van der Waals surface area contributed by atoms with Crippen LogP contribution >= 0.6 is 24.0 Å². The lowest BCUT2D eigenvalue weighted by Gasteiger charge is -2.29. The minimum atomic E-state index is -0.197. The molecule has 7 nitrogen and oxygen atoms in total. The van der Waals surface area contributed by atoms with E-state index < -0.39 is 0 Å². The van der Waals surface area contributed by atoms with Crippen LogP contribution in [0.1, 0.15) is 18.1 Å². The van der Waals surface area contributed by atoms with E-state index in [9.17, 15) is 9.59 Å². The summed E-state index contributed by atoms with van der Waals surface area (Å²) in [5, 5.41) is 0. The van der Waals surface area contributed by atoms with Gasteiger partial charge in [-0.2, -0.15) is 0 Å². The van der Waals surface area contributed by atoms with Gasteiger partial charge in [0.1, 0.15) is 15.8 Å². The van der Waals surface area contributed by atoms with Crippen LogP contribution in [0, 0.1) is 6.92 Å². The summed E-state index contributed by atoms with van der Waals surface area (Å²) in [6.07, 6.45) is 3.41. The van der Waals surface area contributed by atoms with E-state index in [1.165, 1.54) is 21.1 Å². The molecule has 0 bridgehead atoms.